The molecule has 0 heterocycles. The minimum Gasteiger partial charge on any atom is -0.399 e. The molecule has 0 aliphatic carbocycles. The summed E-state index contributed by atoms with van der Waals surface area (Å²) in [6.45, 7) is 3.15. The van der Waals surface area contributed by atoms with Gasteiger partial charge in [-0.05, 0) is 61.4 Å². The summed E-state index contributed by atoms with van der Waals surface area (Å²) in [5.74, 6) is 0. The number of unbranched alkanes of at least 4 members (excludes halogenated alkanes) is 1. The highest BCUT2D eigenvalue weighted by atomic mass is 35.5. The van der Waals surface area contributed by atoms with E-state index in [1.54, 1.807) is 0 Å². The molecule has 0 aliphatic rings. The number of halogens is 4. The van der Waals surface area contributed by atoms with E-state index in [2.05, 4.69) is 9.80 Å². The van der Waals surface area contributed by atoms with E-state index in [1.807, 2.05) is 48.5 Å². The zero-order chi connectivity index (χ0) is 18.8. The van der Waals surface area contributed by atoms with Crippen LogP contribution in [0.5, 0.6) is 0 Å². The van der Waals surface area contributed by atoms with Crippen molar-refractivity contribution in [2.45, 2.75) is 12.8 Å². The van der Waals surface area contributed by atoms with Gasteiger partial charge in [0.15, 0.2) is 0 Å². The average molecular weight is 504 g/mol. The molecule has 0 spiro atoms. The number of nitrogens with two attached hydrogens (primary N) is 2. The van der Waals surface area contributed by atoms with Gasteiger partial charge in [-0.1, -0.05) is 0 Å². The molecule has 30 heavy (non-hydrogen) atoms. The van der Waals surface area contributed by atoms with Crippen LogP contribution in [0.15, 0.2) is 48.5 Å². The molecule has 6 N–H and O–H groups in total. The summed E-state index contributed by atoms with van der Waals surface area (Å²) in [7, 11) is 0. The maximum atomic E-state index is 9.33. The van der Waals surface area contributed by atoms with E-state index in [-0.39, 0.29) is 62.8 Å². The predicted octanol–water partition coefficient (Wildman–Crippen LogP) is 3.62. The van der Waals surface area contributed by atoms with Crippen molar-refractivity contribution >= 4 is 72.4 Å². The van der Waals surface area contributed by atoms with Crippen molar-refractivity contribution in [1.82, 2.24) is 0 Å². The fourth-order valence-corrected chi connectivity index (χ4v) is 2.96. The molecular formula is C20H34Cl4N4O2. The van der Waals surface area contributed by atoms with Gasteiger partial charge >= 0.3 is 0 Å². The first kappa shape index (κ1) is 33.4. The molecular weight excluding hydrogens is 470 g/mol. The summed E-state index contributed by atoms with van der Waals surface area (Å²) in [6.07, 6.45) is 1.97. The van der Waals surface area contributed by atoms with Gasteiger partial charge in [0.1, 0.15) is 0 Å². The number of nitrogens with zero attached hydrogens (tertiary/aromatic N) is 2. The van der Waals surface area contributed by atoms with Crippen molar-refractivity contribution < 1.29 is 10.2 Å². The molecule has 0 bridgehead atoms. The molecule has 2 aromatic rings. The Kier molecular flexibility index (Phi) is 20.6. The Bertz CT molecular complexity index is 591. The van der Waals surface area contributed by atoms with Crippen LogP contribution in [0.4, 0.5) is 22.7 Å². The standard InChI is InChI=1S/C20H30N4O2.4ClH/c21-17-3-7-19(8-4-17)23(13-15-25)11-1-2-12-24(14-16-26)20-9-5-18(22)6-10-20;;;;/h3-10,25-26H,1-2,11-16,21-22H2;4*1H. The van der Waals surface area contributed by atoms with Crippen LogP contribution in [0, 0.1) is 0 Å². The molecule has 6 nitrogen and oxygen atoms in total. The number of benzene rings is 2. The third-order valence-electron chi connectivity index (χ3n) is 4.36. The van der Waals surface area contributed by atoms with Crippen molar-refractivity contribution in [1.29, 1.82) is 0 Å². The second-order valence-corrected chi connectivity index (χ2v) is 6.31. The Morgan fingerprint density at radius 1 is 0.533 bits per heavy atom. The summed E-state index contributed by atoms with van der Waals surface area (Å²) < 4.78 is 0. The van der Waals surface area contributed by atoms with Crippen molar-refractivity contribution in [3.8, 4) is 0 Å². The summed E-state index contributed by atoms with van der Waals surface area (Å²) in [4.78, 5) is 4.33. The Hall–Kier alpha value is -1.28. The lowest BCUT2D eigenvalue weighted by Gasteiger charge is -2.26. The first-order valence-corrected chi connectivity index (χ1v) is 9.06. The maximum Gasteiger partial charge on any atom is 0.0606 e. The minimum absolute atomic E-state index is 0. The third-order valence-corrected chi connectivity index (χ3v) is 4.36. The van der Waals surface area contributed by atoms with Crippen LogP contribution >= 0.6 is 49.6 Å². The van der Waals surface area contributed by atoms with Gasteiger partial charge in [-0.2, -0.15) is 0 Å². The van der Waals surface area contributed by atoms with Crippen LogP contribution in [-0.4, -0.2) is 49.6 Å². The summed E-state index contributed by atoms with van der Waals surface area (Å²) in [5, 5.41) is 18.7. The van der Waals surface area contributed by atoms with E-state index in [0.717, 1.165) is 48.7 Å². The van der Waals surface area contributed by atoms with Gasteiger partial charge in [0.05, 0.1) is 13.2 Å². The molecule has 2 rings (SSSR count). The van der Waals surface area contributed by atoms with Crippen molar-refractivity contribution in [2.75, 3.05) is 60.7 Å². The fourth-order valence-electron chi connectivity index (χ4n) is 2.96. The van der Waals surface area contributed by atoms with Crippen LogP contribution in [0.25, 0.3) is 0 Å². The first-order chi connectivity index (χ1) is 12.6. The molecule has 0 fully saturated rings. The Morgan fingerprint density at radius 2 is 0.833 bits per heavy atom. The van der Waals surface area contributed by atoms with Gasteiger partial charge in [-0.15, -0.1) is 49.6 Å². The number of hydrogen-bond acceptors (Lipinski definition) is 6. The molecule has 0 radical (unpaired) electrons. The largest absolute Gasteiger partial charge is 0.399 e. The van der Waals surface area contributed by atoms with Crippen LogP contribution in [0.3, 0.4) is 0 Å². The predicted molar refractivity (Wildman–Crippen MR) is 139 cm³/mol. The second kappa shape index (κ2) is 18.5. The molecule has 0 saturated heterocycles. The smallest absolute Gasteiger partial charge is 0.0606 e. The molecule has 0 unspecified atom stereocenters. The zero-order valence-corrected chi connectivity index (χ0v) is 20.1. The Morgan fingerprint density at radius 3 is 1.10 bits per heavy atom. The Labute approximate surface area is 204 Å². The van der Waals surface area contributed by atoms with E-state index in [0.29, 0.717) is 13.1 Å². The lowest BCUT2D eigenvalue weighted by Crippen LogP contribution is -2.30. The summed E-state index contributed by atoms with van der Waals surface area (Å²) >= 11 is 0. The van der Waals surface area contributed by atoms with Crippen LogP contribution in [0.2, 0.25) is 0 Å². The van der Waals surface area contributed by atoms with E-state index in [4.69, 9.17) is 11.5 Å². The molecule has 0 aliphatic heterocycles. The molecule has 0 saturated carbocycles. The highest BCUT2D eigenvalue weighted by Crippen LogP contribution is 2.19. The molecule has 2 aromatic carbocycles. The summed E-state index contributed by atoms with van der Waals surface area (Å²) in [5.41, 5.74) is 15.1. The number of rotatable bonds is 11. The van der Waals surface area contributed by atoms with Crippen LogP contribution in [0.1, 0.15) is 12.8 Å². The van der Waals surface area contributed by atoms with E-state index >= 15 is 0 Å². The fraction of sp³-hybridized carbons (Fsp3) is 0.400. The van der Waals surface area contributed by atoms with Crippen molar-refractivity contribution in [2.24, 2.45) is 0 Å². The van der Waals surface area contributed by atoms with E-state index in [9.17, 15) is 10.2 Å². The second-order valence-electron chi connectivity index (χ2n) is 6.31. The number of nitrogen functional groups attached to an aromatic ring is 2. The SMILES string of the molecule is Cl.Cl.Cl.Cl.Nc1ccc(N(CCO)CCCCN(CCO)c2ccc(N)cc2)cc1. The normalized spacial score (nSPS) is 9.27. The zero-order valence-electron chi connectivity index (χ0n) is 16.9. The minimum atomic E-state index is 0. The summed E-state index contributed by atoms with van der Waals surface area (Å²) in [6, 6.07) is 15.4. The van der Waals surface area contributed by atoms with E-state index in [1.165, 1.54) is 0 Å². The van der Waals surface area contributed by atoms with Gasteiger partial charge in [0, 0.05) is 48.9 Å². The van der Waals surface area contributed by atoms with Gasteiger partial charge < -0.3 is 31.5 Å². The third kappa shape index (κ3) is 11.2. The highest BCUT2D eigenvalue weighted by Gasteiger charge is 2.08. The number of hydrogen-bond donors (Lipinski definition) is 4. The molecule has 0 amide bonds. The number of aliphatic hydroxyl groups is 2. The number of anilines is 4. The quantitative estimate of drug-likeness (QED) is 0.276. The van der Waals surface area contributed by atoms with Crippen LogP contribution < -0.4 is 21.3 Å². The van der Waals surface area contributed by atoms with Crippen LogP contribution in [-0.2, 0) is 0 Å². The van der Waals surface area contributed by atoms with Crippen molar-refractivity contribution in [3.05, 3.63) is 48.5 Å². The molecule has 10 heteroatoms. The van der Waals surface area contributed by atoms with Crippen molar-refractivity contribution in [3.63, 3.8) is 0 Å². The Balaban J connectivity index is -0.00000182. The molecule has 0 aromatic heterocycles. The topological polar surface area (TPSA) is 99.0 Å². The van der Waals surface area contributed by atoms with Gasteiger partial charge in [-0.25, -0.2) is 0 Å². The highest BCUT2D eigenvalue weighted by molar-refractivity contribution is 5.86. The molecule has 174 valence electrons. The number of aliphatic hydroxyl groups excluding tert-OH is 2. The lowest BCUT2D eigenvalue weighted by atomic mass is 10.2. The first-order valence-electron chi connectivity index (χ1n) is 9.06. The lowest BCUT2D eigenvalue weighted by molar-refractivity contribution is 0.299. The van der Waals surface area contributed by atoms with Gasteiger partial charge in [0.2, 0.25) is 0 Å². The van der Waals surface area contributed by atoms with E-state index < -0.39 is 0 Å². The molecule has 0 atom stereocenters. The monoisotopic (exact) mass is 502 g/mol. The van der Waals surface area contributed by atoms with Gasteiger partial charge in [-0.3, -0.25) is 0 Å². The van der Waals surface area contributed by atoms with Gasteiger partial charge in [0.25, 0.3) is 0 Å². The maximum absolute atomic E-state index is 9.33. The average Bonchev–Trinajstić information content (AvgIpc) is 2.65.